The molecular formula is C16H14N2OS. The van der Waals surface area contributed by atoms with Crippen LogP contribution in [0.2, 0.25) is 0 Å². The smallest absolute Gasteiger partial charge is 0.277 e. The highest BCUT2D eigenvalue weighted by Crippen LogP contribution is 2.25. The van der Waals surface area contributed by atoms with Crippen molar-refractivity contribution >= 4 is 11.8 Å². The number of thioether (sulfide) groups is 1. The fraction of sp³-hybridized carbons (Fsp3) is 0.125. The molecule has 4 heteroatoms. The van der Waals surface area contributed by atoms with Crippen LogP contribution in [-0.2, 0) is 5.75 Å². The zero-order chi connectivity index (χ0) is 13.8. The number of hydrogen-bond acceptors (Lipinski definition) is 4. The van der Waals surface area contributed by atoms with E-state index >= 15 is 0 Å². The average molecular weight is 282 g/mol. The van der Waals surface area contributed by atoms with Gasteiger partial charge in [-0.25, -0.2) is 0 Å². The molecule has 0 saturated carbocycles. The van der Waals surface area contributed by atoms with E-state index in [-0.39, 0.29) is 0 Å². The summed E-state index contributed by atoms with van der Waals surface area (Å²) in [7, 11) is 0. The fourth-order valence-corrected chi connectivity index (χ4v) is 2.60. The van der Waals surface area contributed by atoms with Gasteiger partial charge in [0.1, 0.15) is 0 Å². The fourth-order valence-electron chi connectivity index (χ4n) is 1.88. The summed E-state index contributed by atoms with van der Waals surface area (Å²) in [6.45, 7) is 2.05. The van der Waals surface area contributed by atoms with Crippen molar-refractivity contribution in [1.82, 2.24) is 10.2 Å². The molecule has 0 saturated heterocycles. The topological polar surface area (TPSA) is 38.9 Å². The lowest BCUT2D eigenvalue weighted by Crippen LogP contribution is -1.79. The zero-order valence-electron chi connectivity index (χ0n) is 11.1. The molecule has 20 heavy (non-hydrogen) atoms. The Labute approximate surface area is 122 Å². The van der Waals surface area contributed by atoms with Crippen molar-refractivity contribution in [2.24, 2.45) is 0 Å². The summed E-state index contributed by atoms with van der Waals surface area (Å²) < 4.78 is 5.69. The van der Waals surface area contributed by atoms with Crippen LogP contribution in [0, 0.1) is 6.92 Å². The molecule has 0 radical (unpaired) electrons. The van der Waals surface area contributed by atoms with Gasteiger partial charge < -0.3 is 4.42 Å². The maximum atomic E-state index is 5.69. The van der Waals surface area contributed by atoms with E-state index in [1.165, 1.54) is 11.1 Å². The van der Waals surface area contributed by atoms with Crippen LogP contribution in [0.5, 0.6) is 0 Å². The van der Waals surface area contributed by atoms with Gasteiger partial charge in [0.05, 0.1) is 0 Å². The SMILES string of the molecule is Cc1cccc(-c2nnc(SCc3ccccc3)o2)c1. The van der Waals surface area contributed by atoms with Crippen LogP contribution in [0.1, 0.15) is 11.1 Å². The van der Waals surface area contributed by atoms with E-state index in [9.17, 15) is 0 Å². The zero-order valence-corrected chi connectivity index (χ0v) is 11.9. The quantitative estimate of drug-likeness (QED) is 0.667. The number of rotatable bonds is 4. The standard InChI is InChI=1S/C16H14N2OS/c1-12-6-5-9-14(10-12)15-17-18-16(19-15)20-11-13-7-3-2-4-8-13/h2-10H,11H2,1H3. The minimum Gasteiger partial charge on any atom is -0.411 e. The van der Waals surface area contributed by atoms with E-state index in [1.54, 1.807) is 11.8 Å². The molecule has 3 rings (SSSR count). The van der Waals surface area contributed by atoms with Crippen LogP contribution >= 0.6 is 11.8 Å². The van der Waals surface area contributed by atoms with Crippen molar-refractivity contribution in [3.63, 3.8) is 0 Å². The third-order valence-corrected chi connectivity index (χ3v) is 3.77. The molecule has 1 heterocycles. The summed E-state index contributed by atoms with van der Waals surface area (Å²) in [4.78, 5) is 0. The van der Waals surface area contributed by atoms with Gasteiger partial charge in [-0.15, -0.1) is 10.2 Å². The van der Waals surface area contributed by atoms with Gasteiger partial charge in [0.2, 0.25) is 5.89 Å². The molecule has 0 aliphatic rings. The molecule has 0 fully saturated rings. The Balaban J connectivity index is 1.71. The Morgan fingerprint density at radius 3 is 2.65 bits per heavy atom. The van der Waals surface area contributed by atoms with Gasteiger partial charge in [-0.05, 0) is 24.6 Å². The summed E-state index contributed by atoms with van der Waals surface area (Å²) in [6, 6.07) is 18.3. The molecule has 2 aromatic carbocycles. The third-order valence-electron chi connectivity index (χ3n) is 2.88. The normalized spacial score (nSPS) is 10.7. The summed E-state index contributed by atoms with van der Waals surface area (Å²) in [5, 5.41) is 8.79. The monoisotopic (exact) mass is 282 g/mol. The first-order valence-corrected chi connectivity index (χ1v) is 7.37. The molecule has 0 amide bonds. The molecule has 100 valence electrons. The molecule has 3 nitrogen and oxygen atoms in total. The average Bonchev–Trinajstić information content (AvgIpc) is 2.95. The van der Waals surface area contributed by atoms with Crippen molar-refractivity contribution in [3.8, 4) is 11.5 Å². The molecule has 0 aliphatic heterocycles. The lowest BCUT2D eigenvalue weighted by atomic mass is 10.1. The van der Waals surface area contributed by atoms with Gasteiger partial charge >= 0.3 is 0 Å². The number of benzene rings is 2. The largest absolute Gasteiger partial charge is 0.411 e. The minimum absolute atomic E-state index is 0.573. The first kappa shape index (κ1) is 12.9. The number of aromatic nitrogens is 2. The molecule has 0 aliphatic carbocycles. The highest BCUT2D eigenvalue weighted by atomic mass is 32.2. The molecular weight excluding hydrogens is 268 g/mol. The van der Waals surface area contributed by atoms with E-state index < -0.39 is 0 Å². The van der Waals surface area contributed by atoms with E-state index in [4.69, 9.17) is 4.42 Å². The van der Waals surface area contributed by atoms with Gasteiger partial charge in [-0.2, -0.15) is 0 Å². The van der Waals surface area contributed by atoms with Crippen molar-refractivity contribution in [1.29, 1.82) is 0 Å². The van der Waals surface area contributed by atoms with Crippen molar-refractivity contribution < 1.29 is 4.42 Å². The molecule has 0 bridgehead atoms. The van der Waals surface area contributed by atoms with Gasteiger partial charge in [-0.1, -0.05) is 59.8 Å². The van der Waals surface area contributed by atoms with Crippen molar-refractivity contribution in [2.45, 2.75) is 17.9 Å². The lowest BCUT2D eigenvalue weighted by Gasteiger charge is -1.97. The van der Waals surface area contributed by atoms with Crippen LogP contribution < -0.4 is 0 Å². The molecule has 0 unspecified atom stereocenters. The van der Waals surface area contributed by atoms with E-state index in [2.05, 4.69) is 22.3 Å². The Hall–Kier alpha value is -2.07. The second kappa shape index (κ2) is 5.92. The van der Waals surface area contributed by atoms with Crippen molar-refractivity contribution in [2.75, 3.05) is 0 Å². The molecule has 3 aromatic rings. The third kappa shape index (κ3) is 3.08. The summed E-state index contributed by atoms with van der Waals surface area (Å²) in [5.74, 6) is 1.40. The Morgan fingerprint density at radius 2 is 1.85 bits per heavy atom. The van der Waals surface area contributed by atoms with Crippen molar-refractivity contribution in [3.05, 3.63) is 65.7 Å². The number of nitrogens with zero attached hydrogens (tertiary/aromatic N) is 2. The van der Waals surface area contributed by atoms with Crippen LogP contribution in [0.15, 0.2) is 64.2 Å². The van der Waals surface area contributed by atoms with E-state index in [0.717, 1.165) is 11.3 Å². The van der Waals surface area contributed by atoms with Crippen LogP contribution in [0.4, 0.5) is 0 Å². The Morgan fingerprint density at radius 1 is 1.00 bits per heavy atom. The summed E-state index contributed by atoms with van der Waals surface area (Å²) in [6.07, 6.45) is 0. The highest BCUT2D eigenvalue weighted by Gasteiger charge is 2.09. The second-order valence-corrected chi connectivity index (χ2v) is 5.44. The van der Waals surface area contributed by atoms with Crippen LogP contribution in [0.25, 0.3) is 11.5 Å². The van der Waals surface area contributed by atoms with E-state index in [1.807, 2.05) is 49.4 Å². The number of aryl methyl sites for hydroxylation is 1. The van der Waals surface area contributed by atoms with Gasteiger partial charge in [-0.3, -0.25) is 0 Å². The Kier molecular flexibility index (Phi) is 3.83. The molecule has 0 N–H and O–H groups in total. The van der Waals surface area contributed by atoms with Crippen LogP contribution in [-0.4, -0.2) is 10.2 Å². The predicted octanol–water partition coefficient (Wildman–Crippen LogP) is 4.34. The van der Waals surface area contributed by atoms with Crippen LogP contribution in [0.3, 0.4) is 0 Å². The molecule has 1 aromatic heterocycles. The maximum Gasteiger partial charge on any atom is 0.277 e. The summed E-state index contributed by atoms with van der Waals surface area (Å²) in [5.41, 5.74) is 3.39. The first-order valence-electron chi connectivity index (χ1n) is 6.38. The maximum absolute atomic E-state index is 5.69. The first-order chi connectivity index (χ1) is 9.81. The minimum atomic E-state index is 0.573. The summed E-state index contributed by atoms with van der Waals surface area (Å²) >= 11 is 1.55. The molecule has 0 atom stereocenters. The van der Waals surface area contributed by atoms with E-state index in [0.29, 0.717) is 11.1 Å². The van der Waals surface area contributed by atoms with Gasteiger partial charge in [0.25, 0.3) is 5.22 Å². The molecule has 0 spiro atoms. The second-order valence-electron chi connectivity index (χ2n) is 4.52. The lowest BCUT2D eigenvalue weighted by molar-refractivity contribution is 0.466. The van der Waals surface area contributed by atoms with Gasteiger partial charge in [0, 0.05) is 11.3 Å². The van der Waals surface area contributed by atoms with Gasteiger partial charge in [0.15, 0.2) is 0 Å². The highest BCUT2D eigenvalue weighted by molar-refractivity contribution is 7.98. The number of hydrogen-bond donors (Lipinski definition) is 0. The Bertz CT molecular complexity index is 694. The predicted molar refractivity (Wildman–Crippen MR) is 80.5 cm³/mol.